The maximum absolute atomic E-state index is 12.5. The highest BCUT2D eigenvalue weighted by Gasteiger charge is 2.13. The van der Waals surface area contributed by atoms with Gasteiger partial charge in [0.2, 0.25) is 5.91 Å². The zero-order chi connectivity index (χ0) is 22.0. The molecule has 0 aliphatic heterocycles. The molecule has 10 heteroatoms. The Kier molecular flexibility index (Phi) is 5.54. The second-order valence-electron chi connectivity index (χ2n) is 6.53. The van der Waals surface area contributed by atoms with Crippen molar-refractivity contribution in [3.8, 4) is 22.8 Å². The highest BCUT2D eigenvalue weighted by Crippen LogP contribution is 2.33. The van der Waals surface area contributed by atoms with E-state index in [-0.39, 0.29) is 17.3 Å². The molecule has 31 heavy (non-hydrogen) atoms. The minimum absolute atomic E-state index is 0.254. The number of nitrogens with one attached hydrogen (secondary N) is 2. The summed E-state index contributed by atoms with van der Waals surface area (Å²) in [7, 11) is 3.11. The van der Waals surface area contributed by atoms with Gasteiger partial charge in [-0.2, -0.15) is 0 Å². The van der Waals surface area contributed by atoms with Crippen molar-refractivity contribution in [2.24, 2.45) is 0 Å². The van der Waals surface area contributed by atoms with Crippen molar-refractivity contribution < 1.29 is 14.3 Å². The molecule has 0 fully saturated rings. The molecule has 0 spiro atoms. The van der Waals surface area contributed by atoms with Gasteiger partial charge in [-0.15, -0.1) is 11.3 Å². The highest BCUT2D eigenvalue weighted by atomic mass is 32.1. The van der Waals surface area contributed by atoms with E-state index < -0.39 is 17.0 Å². The third kappa shape index (κ3) is 4.05. The van der Waals surface area contributed by atoms with Gasteiger partial charge in [0.15, 0.2) is 16.6 Å². The number of ether oxygens (including phenoxy) is 2. The Morgan fingerprint density at radius 1 is 1.10 bits per heavy atom. The molecule has 0 bridgehead atoms. The van der Waals surface area contributed by atoms with E-state index in [0.717, 1.165) is 10.2 Å². The zero-order valence-electron chi connectivity index (χ0n) is 16.7. The number of anilines is 1. The maximum Gasteiger partial charge on any atom is 0.273 e. The van der Waals surface area contributed by atoms with E-state index >= 15 is 0 Å². The van der Waals surface area contributed by atoms with E-state index in [1.54, 1.807) is 56.0 Å². The highest BCUT2D eigenvalue weighted by molar-refractivity contribution is 7.14. The summed E-state index contributed by atoms with van der Waals surface area (Å²) in [5.74, 6) is 0.685. The van der Waals surface area contributed by atoms with Crippen LogP contribution in [0.1, 0.15) is 0 Å². The first-order valence-electron chi connectivity index (χ1n) is 9.20. The molecule has 0 radical (unpaired) electrons. The molecule has 0 saturated heterocycles. The third-order valence-electron chi connectivity index (χ3n) is 4.62. The zero-order valence-corrected chi connectivity index (χ0v) is 17.5. The minimum Gasteiger partial charge on any atom is -0.493 e. The van der Waals surface area contributed by atoms with Gasteiger partial charge in [0.1, 0.15) is 6.54 Å². The van der Waals surface area contributed by atoms with Crippen LogP contribution in [0.5, 0.6) is 11.5 Å². The van der Waals surface area contributed by atoms with Crippen LogP contribution in [0, 0.1) is 0 Å². The average Bonchev–Trinajstić information content (AvgIpc) is 3.25. The number of thiazole rings is 1. The molecule has 0 aliphatic carbocycles. The summed E-state index contributed by atoms with van der Waals surface area (Å²) in [6, 6.07) is 11.8. The van der Waals surface area contributed by atoms with E-state index in [2.05, 4.69) is 15.4 Å². The summed E-state index contributed by atoms with van der Waals surface area (Å²) in [5.41, 5.74) is 0.561. The summed E-state index contributed by atoms with van der Waals surface area (Å²) in [6.07, 6.45) is 0. The van der Waals surface area contributed by atoms with Gasteiger partial charge in [0.05, 0.1) is 30.7 Å². The Bertz CT molecular complexity index is 1390. The average molecular weight is 438 g/mol. The van der Waals surface area contributed by atoms with Gasteiger partial charge in [0.25, 0.3) is 11.1 Å². The SMILES string of the molecule is COc1ccc(-c2csc(NC(=O)Cn3[nH]c(=O)c4ccccc4c3=O)n2)cc1OC. The first-order chi connectivity index (χ1) is 15.0. The fourth-order valence-electron chi connectivity index (χ4n) is 3.12. The van der Waals surface area contributed by atoms with Gasteiger partial charge in [-0.25, -0.2) is 9.67 Å². The molecule has 158 valence electrons. The standard InChI is InChI=1S/C21H18N4O5S/c1-29-16-8-7-12(9-17(16)30-2)15-11-31-21(22-15)23-18(26)10-25-20(28)14-6-4-3-5-13(14)19(27)24-25/h3-9,11H,10H2,1-2H3,(H,24,27)(H,22,23,26). The lowest BCUT2D eigenvalue weighted by molar-refractivity contribution is -0.117. The predicted molar refractivity (Wildman–Crippen MR) is 118 cm³/mol. The lowest BCUT2D eigenvalue weighted by Gasteiger charge is -2.08. The van der Waals surface area contributed by atoms with Gasteiger partial charge in [-0.1, -0.05) is 12.1 Å². The number of amides is 1. The van der Waals surface area contributed by atoms with Crippen LogP contribution < -0.4 is 25.9 Å². The van der Waals surface area contributed by atoms with E-state index in [9.17, 15) is 14.4 Å². The van der Waals surface area contributed by atoms with Crippen LogP contribution in [0.3, 0.4) is 0 Å². The maximum atomic E-state index is 12.5. The van der Waals surface area contributed by atoms with Crippen molar-refractivity contribution >= 4 is 33.1 Å². The third-order valence-corrected chi connectivity index (χ3v) is 5.37. The van der Waals surface area contributed by atoms with E-state index in [1.807, 2.05) is 6.07 Å². The topological polar surface area (TPSA) is 115 Å². The van der Waals surface area contributed by atoms with Crippen LogP contribution in [-0.2, 0) is 11.3 Å². The lowest BCUT2D eigenvalue weighted by Crippen LogP contribution is -2.34. The second kappa shape index (κ2) is 8.44. The molecule has 0 saturated carbocycles. The molecule has 2 N–H and O–H groups in total. The molecular weight excluding hydrogens is 420 g/mol. The van der Waals surface area contributed by atoms with Crippen molar-refractivity contribution in [3.63, 3.8) is 0 Å². The Morgan fingerprint density at radius 3 is 2.58 bits per heavy atom. The van der Waals surface area contributed by atoms with Crippen molar-refractivity contribution in [1.82, 2.24) is 14.8 Å². The first-order valence-corrected chi connectivity index (χ1v) is 10.1. The summed E-state index contributed by atoms with van der Waals surface area (Å²) in [6.45, 7) is -0.343. The Labute approximate surface area is 179 Å². The van der Waals surface area contributed by atoms with Gasteiger partial charge < -0.3 is 14.8 Å². The number of hydrogen-bond donors (Lipinski definition) is 2. The molecule has 4 aromatic rings. The second-order valence-corrected chi connectivity index (χ2v) is 7.39. The van der Waals surface area contributed by atoms with Crippen LogP contribution in [0.4, 0.5) is 5.13 Å². The van der Waals surface area contributed by atoms with Gasteiger partial charge in [0, 0.05) is 10.9 Å². The molecule has 9 nitrogen and oxygen atoms in total. The van der Waals surface area contributed by atoms with Gasteiger partial charge in [-0.05, 0) is 30.3 Å². The molecular formula is C21H18N4O5S. The fraction of sp³-hybridized carbons (Fsp3) is 0.143. The normalized spacial score (nSPS) is 10.8. The summed E-state index contributed by atoms with van der Waals surface area (Å²) < 4.78 is 11.5. The molecule has 0 aliphatic rings. The van der Waals surface area contributed by atoms with Crippen molar-refractivity contribution in [2.45, 2.75) is 6.54 Å². The smallest absolute Gasteiger partial charge is 0.273 e. The van der Waals surface area contributed by atoms with Crippen molar-refractivity contribution in [1.29, 1.82) is 0 Å². The molecule has 0 unspecified atom stereocenters. The van der Waals surface area contributed by atoms with Crippen molar-refractivity contribution in [2.75, 3.05) is 19.5 Å². The summed E-state index contributed by atoms with van der Waals surface area (Å²) in [4.78, 5) is 41.6. The number of H-pyrrole nitrogens is 1. The quantitative estimate of drug-likeness (QED) is 0.478. The number of carbonyl (C=O) groups excluding carboxylic acids is 1. The van der Waals surface area contributed by atoms with Crippen LogP contribution in [-0.4, -0.2) is 34.9 Å². The Morgan fingerprint density at radius 2 is 1.84 bits per heavy atom. The number of aromatic amines is 1. The lowest BCUT2D eigenvalue weighted by atomic mass is 10.1. The number of fused-ring (bicyclic) bond motifs is 1. The van der Waals surface area contributed by atoms with Crippen LogP contribution in [0.25, 0.3) is 22.0 Å². The van der Waals surface area contributed by atoms with E-state index in [0.29, 0.717) is 22.3 Å². The number of aromatic nitrogens is 3. The largest absolute Gasteiger partial charge is 0.493 e. The Hall–Kier alpha value is -3.92. The molecule has 4 rings (SSSR count). The van der Waals surface area contributed by atoms with E-state index in [4.69, 9.17) is 9.47 Å². The number of carbonyl (C=O) groups is 1. The number of benzene rings is 2. The van der Waals surface area contributed by atoms with Crippen LogP contribution in [0.15, 0.2) is 57.4 Å². The fourth-order valence-corrected chi connectivity index (χ4v) is 3.86. The number of hydrogen-bond acceptors (Lipinski definition) is 7. The van der Waals surface area contributed by atoms with E-state index in [1.165, 1.54) is 11.3 Å². The Balaban J connectivity index is 1.53. The number of rotatable bonds is 6. The van der Waals surface area contributed by atoms with Crippen LogP contribution >= 0.6 is 11.3 Å². The molecule has 0 atom stereocenters. The molecule has 2 aromatic carbocycles. The predicted octanol–water partition coefficient (Wildman–Crippen LogP) is 2.47. The number of methoxy groups -OCH3 is 2. The molecule has 1 amide bonds. The molecule has 2 aromatic heterocycles. The van der Waals surface area contributed by atoms with Gasteiger partial charge >= 0.3 is 0 Å². The van der Waals surface area contributed by atoms with Crippen molar-refractivity contribution in [3.05, 3.63) is 68.6 Å². The number of nitrogens with zero attached hydrogens (tertiary/aromatic N) is 2. The molecule has 2 heterocycles. The monoisotopic (exact) mass is 438 g/mol. The van der Waals surface area contributed by atoms with Gasteiger partial charge in [-0.3, -0.25) is 19.5 Å². The summed E-state index contributed by atoms with van der Waals surface area (Å²) in [5, 5.41) is 7.79. The minimum atomic E-state index is -0.485. The first kappa shape index (κ1) is 20.4. The summed E-state index contributed by atoms with van der Waals surface area (Å²) >= 11 is 1.24. The van der Waals surface area contributed by atoms with Crippen LogP contribution in [0.2, 0.25) is 0 Å².